The number of fused-ring (bicyclic) bond motifs is 1. The molecule has 3 heteroatoms. The Labute approximate surface area is 119 Å². The van der Waals surface area contributed by atoms with E-state index < -0.39 is 0 Å². The molecule has 0 unspecified atom stereocenters. The molecule has 104 valence electrons. The van der Waals surface area contributed by atoms with E-state index in [4.69, 9.17) is 0 Å². The summed E-state index contributed by atoms with van der Waals surface area (Å²) in [5.41, 5.74) is 5.13. The molecule has 0 amide bonds. The number of nitrogens with zero attached hydrogens (tertiary/aromatic N) is 1. The minimum Gasteiger partial charge on any atom is -0.384 e. The van der Waals surface area contributed by atoms with Crippen molar-refractivity contribution in [1.29, 1.82) is 0 Å². The Hall–Kier alpha value is -1.87. The fourth-order valence-corrected chi connectivity index (χ4v) is 2.71. The summed E-state index contributed by atoms with van der Waals surface area (Å²) >= 11 is 0. The van der Waals surface area contributed by atoms with E-state index in [-0.39, 0.29) is 5.82 Å². The molecule has 0 aromatic heterocycles. The molecule has 0 bridgehead atoms. The lowest BCUT2D eigenvalue weighted by Crippen LogP contribution is -2.17. The van der Waals surface area contributed by atoms with E-state index in [0.29, 0.717) is 0 Å². The lowest BCUT2D eigenvalue weighted by atomic mass is 10.1. The zero-order valence-electron chi connectivity index (χ0n) is 11.7. The SMILES string of the molecule is CN(Cc1ccc(F)cc1)Cc1ccc2c(c1)NCC2. The van der Waals surface area contributed by atoms with Crippen molar-refractivity contribution >= 4 is 5.69 Å². The van der Waals surface area contributed by atoms with Crippen LogP contribution in [0.2, 0.25) is 0 Å². The van der Waals surface area contributed by atoms with Crippen molar-refractivity contribution in [2.45, 2.75) is 19.5 Å². The average molecular weight is 270 g/mol. The third kappa shape index (κ3) is 2.99. The number of halogens is 1. The minimum atomic E-state index is -0.180. The van der Waals surface area contributed by atoms with Crippen LogP contribution >= 0.6 is 0 Å². The summed E-state index contributed by atoms with van der Waals surface area (Å²) < 4.78 is 12.9. The molecule has 0 saturated heterocycles. The maximum absolute atomic E-state index is 12.9. The van der Waals surface area contributed by atoms with Gasteiger partial charge in [0.2, 0.25) is 0 Å². The van der Waals surface area contributed by atoms with Crippen LogP contribution in [0.1, 0.15) is 16.7 Å². The summed E-state index contributed by atoms with van der Waals surface area (Å²) in [4.78, 5) is 2.24. The molecular formula is C17H19FN2. The van der Waals surface area contributed by atoms with E-state index in [1.807, 2.05) is 12.1 Å². The molecule has 0 atom stereocenters. The molecule has 0 aliphatic carbocycles. The topological polar surface area (TPSA) is 15.3 Å². The lowest BCUT2D eigenvalue weighted by molar-refractivity contribution is 0.319. The van der Waals surface area contributed by atoms with Gasteiger partial charge in [-0.05, 0) is 48.4 Å². The van der Waals surface area contributed by atoms with Crippen LogP contribution in [0.3, 0.4) is 0 Å². The zero-order valence-corrected chi connectivity index (χ0v) is 11.7. The van der Waals surface area contributed by atoms with Crippen LogP contribution in [0.5, 0.6) is 0 Å². The van der Waals surface area contributed by atoms with Gasteiger partial charge in [0.05, 0.1) is 0 Å². The summed E-state index contributed by atoms with van der Waals surface area (Å²) in [6.07, 6.45) is 1.13. The predicted octanol–water partition coefficient (Wildman–Crippen LogP) is 3.43. The van der Waals surface area contributed by atoms with Crippen molar-refractivity contribution in [2.24, 2.45) is 0 Å². The summed E-state index contributed by atoms with van der Waals surface area (Å²) in [7, 11) is 2.09. The number of hydrogen-bond acceptors (Lipinski definition) is 2. The molecule has 2 aromatic rings. The fourth-order valence-electron chi connectivity index (χ4n) is 2.71. The van der Waals surface area contributed by atoms with Gasteiger partial charge in [-0.1, -0.05) is 24.3 Å². The van der Waals surface area contributed by atoms with E-state index in [2.05, 4.69) is 35.5 Å². The molecule has 1 heterocycles. The Morgan fingerprint density at radius 2 is 1.75 bits per heavy atom. The maximum Gasteiger partial charge on any atom is 0.123 e. The Morgan fingerprint density at radius 1 is 1.05 bits per heavy atom. The molecule has 20 heavy (non-hydrogen) atoms. The second-order valence-corrected chi connectivity index (χ2v) is 5.47. The van der Waals surface area contributed by atoms with Gasteiger partial charge in [-0.15, -0.1) is 0 Å². The van der Waals surface area contributed by atoms with Crippen molar-refractivity contribution in [3.05, 3.63) is 65.0 Å². The van der Waals surface area contributed by atoms with E-state index in [0.717, 1.165) is 31.6 Å². The molecule has 2 nitrogen and oxygen atoms in total. The van der Waals surface area contributed by atoms with Gasteiger partial charge in [-0.3, -0.25) is 4.90 Å². The Bertz CT molecular complexity index is 592. The third-order valence-electron chi connectivity index (χ3n) is 3.70. The normalized spacial score (nSPS) is 13.3. The van der Waals surface area contributed by atoms with Crippen LogP contribution in [0, 0.1) is 5.82 Å². The lowest BCUT2D eigenvalue weighted by Gasteiger charge is -2.17. The van der Waals surface area contributed by atoms with Gasteiger partial charge in [-0.25, -0.2) is 4.39 Å². The van der Waals surface area contributed by atoms with Gasteiger partial charge in [-0.2, -0.15) is 0 Å². The molecule has 0 fully saturated rings. The second kappa shape index (κ2) is 5.63. The minimum absolute atomic E-state index is 0.180. The number of benzene rings is 2. The van der Waals surface area contributed by atoms with Crippen LogP contribution < -0.4 is 5.32 Å². The quantitative estimate of drug-likeness (QED) is 0.915. The van der Waals surface area contributed by atoms with Crippen LogP contribution in [0.25, 0.3) is 0 Å². The molecule has 1 N–H and O–H groups in total. The van der Waals surface area contributed by atoms with Crippen molar-refractivity contribution in [2.75, 3.05) is 18.9 Å². The highest BCUT2D eigenvalue weighted by Crippen LogP contribution is 2.23. The standard InChI is InChI=1S/C17H19FN2/c1-20(11-13-3-6-16(18)7-4-13)12-14-2-5-15-8-9-19-17(15)10-14/h2-7,10,19H,8-9,11-12H2,1H3. The van der Waals surface area contributed by atoms with Crippen LogP contribution in [0.15, 0.2) is 42.5 Å². The van der Waals surface area contributed by atoms with Crippen LogP contribution in [-0.2, 0) is 19.5 Å². The number of anilines is 1. The molecule has 0 radical (unpaired) electrons. The summed E-state index contributed by atoms with van der Waals surface area (Å²) in [6.45, 7) is 2.77. The van der Waals surface area contributed by atoms with Gasteiger partial charge < -0.3 is 5.32 Å². The highest BCUT2D eigenvalue weighted by atomic mass is 19.1. The van der Waals surface area contributed by atoms with E-state index in [1.54, 1.807) is 0 Å². The Morgan fingerprint density at radius 3 is 2.55 bits per heavy atom. The zero-order chi connectivity index (χ0) is 13.9. The Kier molecular flexibility index (Phi) is 3.70. The summed E-state index contributed by atoms with van der Waals surface area (Å²) in [5.74, 6) is -0.180. The average Bonchev–Trinajstić information content (AvgIpc) is 2.89. The van der Waals surface area contributed by atoms with Crippen molar-refractivity contribution in [3.8, 4) is 0 Å². The molecule has 0 spiro atoms. The van der Waals surface area contributed by atoms with Gasteiger partial charge in [0.1, 0.15) is 5.82 Å². The van der Waals surface area contributed by atoms with Crippen molar-refractivity contribution in [1.82, 2.24) is 4.90 Å². The number of nitrogens with one attached hydrogen (secondary N) is 1. The third-order valence-corrected chi connectivity index (χ3v) is 3.70. The van der Waals surface area contributed by atoms with E-state index in [1.165, 1.54) is 28.9 Å². The summed E-state index contributed by atoms with van der Waals surface area (Å²) in [5, 5.41) is 3.41. The first-order valence-electron chi connectivity index (χ1n) is 6.99. The summed E-state index contributed by atoms with van der Waals surface area (Å²) in [6, 6.07) is 13.4. The molecular weight excluding hydrogens is 251 g/mol. The fraction of sp³-hybridized carbons (Fsp3) is 0.294. The first-order chi connectivity index (χ1) is 9.70. The Balaban J connectivity index is 1.63. The largest absolute Gasteiger partial charge is 0.384 e. The first-order valence-corrected chi connectivity index (χ1v) is 6.99. The molecule has 2 aromatic carbocycles. The van der Waals surface area contributed by atoms with Crippen molar-refractivity contribution in [3.63, 3.8) is 0 Å². The number of hydrogen-bond donors (Lipinski definition) is 1. The van der Waals surface area contributed by atoms with E-state index >= 15 is 0 Å². The van der Waals surface area contributed by atoms with Gasteiger partial charge >= 0.3 is 0 Å². The van der Waals surface area contributed by atoms with Crippen LogP contribution in [-0.4, -0.2) is 18.5 Å². The predicted molar refractivity (Wildman–Crippen MR) is 80.2 cm³/mol. The first kappa shape index (κ1) is 13.1. The smallest absolute Gasteiger partial charge is 0.123 e. The van der Waals surface area contributed by atoms with Gasteiger partial charge in [0, 0.05) is 25.3 Å². The maximum atomic E-state index is 12.9. The van der Waals surface area contributed by atoms with E-state index in [9.17, 15) is 4.39 Å². The highest BCUT2D eigenvalue weighted by Gasteiger charge is 2.10. The molecule has 1 aliphatic rings. The molecule has 3 rings (SSSR count). The molecule has 1 aliphatic heterocycles. The monoisotopic (exact) mass is 270 g/mol. The number of rotatable bonds is 4. The van der Waals surface area contributed by atoms with Gasteiger partial charge in [0.25, 0.3) is 0 Å². The van der Waals surface area contributed by atoms with Gasteiger partial charge in [0.15, 0.2) is 0 Å². The van der Waals surface area contributed by atoms with Crippen LogP contribution in [0.4, 0.5) is 10.1 Å². The van der Waals surface area contributed by atoms with Crippen molar-refractivity contribution < 1.29 is 4.39 Å². The second-order valence-electron chi connectivity index (χ2n) is 5.47. The highest BCUT2D eigenvalue weighted by molar-refractivity contribution is 5.57. The molecule has 0 saturated carbocycles.